The molecule has 0 saturated carbocycles. The van der Waals surface area contributed by atoms with Gasteiger partial charge in [-0.1, -0.05) is 13.3 Å². The Hall–Kier alpha value is -0.880. The third-order valence-electron chi connectivity index (χ3n) is 1.33. The molecule has 0 aromatic rings. The highest BCUT2D eigenvalue weighted by Crippen LogP contribution is 2.30. The van der Waals surface area contributed by atoms with Gasteiger partial charge in [-0.2, -0.15) is 26.3 Å². The van der Waals surface area contributed by atoms with Crippen molar-refractivity contribution in [3.63, 3.8) is 0 Å². The minimum absolute atomic E-state index is 0.269. The van der Waals surface area contributed by atoms with Gasteiger partial charge in [-0.25, -0.2) is 0 Å². The normalized spacial score (nSPS) is 14.2. The molecule has 0 aliphatic heterocycles. The summed E-state index contributed by atoms with van der Waals surface area (Å²) in [6.45, 7) is 1.31. The predicted octanol–water partition coefficient (Wildman–Crippen LogP) is 3.81. The maximum absolute atomic E-state index is 12.0. The van der Waals surface area contributed by atoms with Gasteiger partial charge in [-0.3, -0.25) is 0 Å². The average molecular weight is 236 g/mol. The van der Waals surface area contributed by atoms with Crippen LogP contribution in [0.25, 0.3) is 0 Å². The molecule has 0 radical (unpaired) electrons. The van der Waals surface area contributed by atoms with Crippen molar-refractivity contribution in [2.75, 3.05) is 6.61 Å². The van der Waals surface area contributed by atoms with Crippen molar-refractivity contribution in [1.29, 1.82) is 0 Å². The summed E-state index contributed by atoms with van der Waals surface area (Å²) in [5, 5.41) is 0. The second-order valence-corrected chi connectivity index (χ2v) is 2.75. The number of rotatable bonds is 4. The van der Waals surface area contributed by atoms with E-state index in [1.54, 1.807) is 6.92 Å². The van der Waals surface area contributed by atoms with Gasteiger partial charge >= 0.3 is 12.4 Å². The number of hydrogen-bond acceptors (Lipinski definition) is 1. The molecule has 0 aliphatic carbocycles. The minimum atomic E-state index is -5.11. The SMILES string of the molecule is CCCCO/C(=C\C(F)(F)F)C(F)(F)F. The molecule has 0 aromatic heterocycles. The van der Waals surface area contributed by atoms with Crippen LogP contribution in [0, 0.1) is 0 Å². The molecule has 0 aromatic carbocycles. The second-order valence-electron chi connectivity index (χ2n) is 2.75. The molecule has 0 spiro atoms. The van der Waals surface area contributed by atoms with E-state index in [9.17, 15) is 26.3 Å². The molecule has 7 heteroatoms. The zero-order valence-corrected chi connectivity index (χ0v) is 7.87. The molecule has 0 bridgehead atoms. The standard InChI is InChI=1S/C8H10F6O/c1-2-3-4-15-6(8(12,13)14)5-7(9,10)11/h5H,2-4H2,1H3/b6-5-. The topological polar surface area (TPSA) is 9.23 Å². The Morgan fingerprint density at radius 3 is 2.00 bits per heavy atom. The first-order valence-electron chi connectivity index (χ1n) is 4.16. The van der Waals surface area contributed by atoms with Crippen LogP contribution in [-0.4, -0.2) is 19.0 Å². The van der Waals surface area contributed by atoms with Crippen molar-refractivity contribution < 1.29 is 31.1 Å². The maximum atomic E-state index is 12.0. The van der Waals surface area contributed by atoms with Crippen molar-refractivity contribution in [2.45, 2.75) is 32.1 Å². The smallest absolute Gasteiger partial charge is 0.448 e. The van der Waals surface area contributed by atoms with Crippen molar-refractivity contribution in [2.24, 2.45) is 0 Å². The summed E-state index contributed by atoms with van der Waals surface area (Å²) in [5.41, 5.74) is 0. The quantitative estimate of drug-likeness (QED) is 0.409. The molecule has 0 heterocycles. The van der Waals surface area contributed by atoms with Crippen LogP contribution in [-0.2, 0) is 4.74 Å². The number of unbranched alkanes of at least 4 members (excludes halogenated alkanes) is 1. The molecule has 0 saturated heterocycles. The van der Waals surface area contributed by atoms with Gasteiger partial charge in [0.15, 0.2) is 0 Å². The number of allylic oxidation sites excluding steroid dienone is 2. The lowest BCUT2D eigenvalue weighted by atomic mass is 10.3. The zero-order chi connectivity index (χ0) is 12.1. The van der Waals surface area contributed by atoms with Gasteiger partial charge in [-0.05, 0) is 6.42 Å². The molecule has 1 nitrogen and oxygen atoms in total. The van der Waals surface area contributed by atoms with Crippen LogP contribution < -0.4 is 0 Å². The first-order valence-corrected chi connectivity index (χ1v) is 4.16. The summed E-state index contributed by atoms with van der Waals surface area (Å²) in [5.74, 6) is -2.00. The Labute approximate surface area is 82.7 Å². The Balaban J connectivity index is 4.54. The zero-order valence-electron chi connectivity index (χ0n) is 7.87. The Kier molecular flexibility index (Phi) is 4.96. The van der Waals surface area contributed by atoms with Crippen LogP contribution in [0.4, 0.5) is 26.3 Å². The lowest BCUT2D eigenvalue weighted by Gasteiger charge is -2.14. The van der Waals surface area contributed by atoms with Gasteiger partial charge in [0, 0.05) is 0 Å². The maximum Gasteiger partial charge on any atom is 0.448 e. The summed E-state index contributed by atoms with van der Waals surface area (Å²) in [7, 11) is 0. The molecule has 0 N–H and O–H groups in total. The van der Waals surface area contributed by atoms with Gasteiger partial charge in [0.2, 0.25) is 5.76 Å². The van der Waals surface area contributed by atoms with E-state index >= 15 is 0 Å². The lowest BCUT2D eigenvalue weighted by Crippen LogP contribution is -2.19. The Morgan fingerprint density at radius 1 is 1.13 bits per heavy atom. The molecule has 0 unspecified atom stereocenters. The first kappa shape index (κ1) is 14.1. The first-order chi connectivity index (χ1) is 6.67. The molecule has 90 valence electrons. The highest BCUT2D eigenvalue weighted by atomic mass is 19.4. The third kappa shape index (κ3) is 7.10. The van der Waals surface area contributed by atoms with Gasteiger partial charge in [0.05, 0.1) is 12.7 Å². The fraction of sp³-hybridized carbons (Fsp3) is 0.750. The van der Waals surface area contributed by atoms with E-state index in [1.165, 1.54) is 0 Å². The number of ether oxygens (including phenoxy) is 1. The summed E-state index contributed by atoms with van der Waals surface area (Å²) < 4.78 is 75.1. The van der Waals surface area contributed by atoms with Crippen LogP contribution in [0.2, 0.25) is 0 Å². The summed E-state index contributed by atoms with van der Waals surface area (Å²) >= 11 is 0. The molecule has 0 atom stereocenters. The van der Waals surface area contributed by atoms with E-state index in [2.05, 4.69) is 4.74 Å². The summed E-state index contributed by atoms with van der Waals surface area (Å²) in [6.07, 6.45) is -10.2. The molecular weight excluding hydrogens is 226 g/mol. The molecule has 0 rings (SSSR count). The Bertz CT molecular complexity index is 214. The fourth-order valence-electron chi connectivity index (χ4n) is 0.680. The van der Waals surface area contributed by atoms with Crippen LogP contribution in [0.1, 0.15) is 19.8 Å². The van der Waals surface area contributed by atoms with Crippen molar-refractivity contribution in [1.82, 2.24) is 0 Å². The largest absolute Gasteiger partial charge is 0.489 e. The Morgan fingerprint density at radius 2 is 1.67 bits per heavy atom. The monoisotopic (exact) mass is 236 g/mol. The van der Waals surface area contributed by atoms with E-state index in [0.29, 0.717) is 6.42 Å². The minimum Gasteiger partial charge on any atom is -0.489 e. The van der Waals surface area contributed by atoms with Crippen LogP contribution in [0.15, 0.2) is 11.8 Å². The summed E-state index contributed by atoms with van der Waals surface area (Å²) in [6, 6.07) is 0. The van der Waals surface area contributed by atoms with Crippen molar-refractivity contribution in [3.05, 3.63) is 11.8 Å². The predicted molar refractivity (Wildman–Crippen MR) is 41.1 cm³/mol. The molecule has 15 heavy (non-hydrogen) atoms. The average Bonchev–Trinajstić information content (AvgIpc) is 1.99. The van der Waals surface area contributed by atoms with E-state index in [4.69, 9.17) is 0 Å². The molecule has 0 fully saturated rings. The van der Waals surface area contributed by atoms with E-state index in [0.717, 1.165) is 0 Å². The van der Waals surface area contributed by atoms with E-state index < -0.39 is 24.2 Å². The summed E-state index contributed by atoms with van der Waals surface area (Å²) in [4.78, 5) is 0. The van der Waals surface area contributed by atoms with Gasteiger partial charge in [-0.15, -0.1) is 0 Å². The number of hydrogen-bond donors (Lipinski definition) is 0. The lowest BCUT2D eigenvalue weighted by molar-refractivity contribution is -0.141. The van der Waals surface area contributed by atoms with Crippen LogP contribution in [0.3, 0.4) is 0 Å². The molecule has 0 amide bonds. The second kappa shape index (κ2) is 5.27. The van der Waals surface area contributed by atoms with Crippen LogP contribution >= 0.6 is 0 Å². The van der Waals surface area contributed by atoms with Crippen molar-refractivity contribution >= 4 is 0 Å². The van der Waals surface area contributed by atoms with Crippen molar-refractivity contribution in [3.8, 4) is 0 Å². The number of halogens is 6. The third-order valence-corrected chi connectivity index (χ3v) is 1.33. The molecular formula is C8H10F6O. The number of alkyl halides is 6. The van der Waals surface area contributed by atoms with Crippen LogP contribution in [0.5, 0.6) is 0 Å². The van der Waals surface area contributed by atoms with E-state index in [1.807, 2.05) is 0 Å². The van der Waals surface area contributed by atoms with Gasteiger partial charge in [0.1, 0.15) is 0 Å². The van der Waals surface area contributed by atoms with E-state index in [-0.39, 0.29) is 13.0 Å². The molecule has 0 aliphatic rings. The fourth-order valence-corrected chi connectivity index (χ4v) is 0.680. The highest BCUT2D eigenvalue weighted by molar-refractivity contribution is 5.04. The van der Waals surface area contributed by atoms with Gasteiger partial charge < -0.3 is 4.74 Å². The van der Waals surface area contributed by atoms with Gasteiger partial charge in [0.25, 0.3) is 0 Å². The highest BCUT2D eigenvalue weighted by Gasteiger charge is 2.40.